The lowest BCUT2D eigenvalue weighted by molar-refractivity contribution is -0.384. The second-order valence-corrected chi connectivity index (χ2v) is 6.08. The van der Waals surface area contributed by atoms with Gasteiger partial charge < -0.3 is 0 Å². The third-order valence-corrected chi connectivity index (χ3v) is 4.77. The lowest BCUT2D eigenvalue weighted by Crippen LogP contribution is -2.16. The molecular formula is C17H19NO3. The van der Waals surface area contributed by atoms with E-state index in [1.54, 1.807) is 6.07 Å². The van der Waals surface area contributed by atoms with Crippen molar-refractivity contribution in [1.29, 1.82) is 0 Å². The Labute approximate surface area is 124 Å². The van der Waals surface area contributed by atoms with E-state index in [9.17, 15) is 14.9 Å². The highest BCUT2D eigenvalue weighted by Gasteiger charge is 2.36. The Morgan fingerprint density at radius 3 is 2.67 bits per heavy atom. The quantitative estimate of drug-likeness (QED) is 0.476. The van der Waals surface area contributed by atoms with Crippen molar-refractivity contribution in [3.8, 4) is 0 Å². The highest BCUT2D eigenvalue weighted by atomic mass is 16.6. The minimum absolute atomic E-state index is 0.0714. The number of hydrogen-bond donors (Lipinski definition) is 0. The molecule has 1 unspecified atom stereocenters. The van der Waals surface area contributed by atoms with Gasteiger partial charge in [0.05, 0.1) is 4.92 Å². The van der Waals surface area contributed by atoms with E-state index in [1.165, 1.54) is 37.8 Å². The molecule has 1 atom stereocenters. The standard InChI is InChI=1S/C17H19NO3/c19-17-14(8-9-16(17)13-5-1-2-6-13)10-12-4-3-7-15(11-12)18(20)21/h3-4,7,10-11,13,16H,1-2,5-6,8-9H2/b14-10+. The monoisotopic (exact) mass is 285 g/mol. The van der Waals surface area contributed by atoms with Gasteiger partial charge in [-0.05, 0) is 48.8 Å². The Kier molecular flexibility index (Phi) is 3.86. The number of allylic oxidation sites excluding steroid dienone is 1. The molecule has 2 saturated carbocycles. The molecule has 3 rings (SSSR count). The molecule has 2 fully saturated rings. The molecule has 2 aliphatic carbocycles. The lowest BCUT2D eigenvalue weighted by atomic mass is 9.88. The first-order valence-corrected chi connectivity index (χ1v) is 7.64. The van der Waals surface area contributed by atoms with Gasteiger partial charge in [0, 0.05) is 18.1 Å². The van der Waals surface area contributed by atoms with E-state index < -0.39 is 4.92 Å². The third-order valence-electron chi connectivity index (χ3n) is 4.77. The van der Waals surface area contributed by atoms with Crippen molar-refractivity contribution >= 4 is 17.5 Å². The van der Waals surface area contributed by atoms with Crippen LogP contribution in [0.15, 0.2) is 29.8 Å². The molecular weight excluding hydrogens is 266 g/mol. The van der Waals surface area contributed by atoms with Crippen LogP contribution in [0.2, 0.25) is 0 Å². The van der Waals surface area contributed by atoms with Gasteiger partial charge in [0.25, 0.3) is 5.69 Å². The van der Waals surface area contributed by atoms with Gasteiger partial charge in [-0.15, -0.1) is 0 Å². The van der Waals surface area contributed by atoms with Crippen LogP contribution in [0.1, 0.15) is 44.1 Å². The van der Waals surface area contributed by atoms with Crippen LogP contribution >= 0.6 is 0 Å². The minimum atomic E-state index is -0.403. The van der Waals surface area contributed by atoms with E-state index in [0.717, 1.165) is 24.0 Å². The summed E-state index contributed by atoms with van der Waals surface area (Å²) < 4.78 is 0. The van der Waals surface area contributed by atoms with E-state index in [0.29, 0.717) is 5.92 Å². The van der Waals surface area contributed by atoms with Crippen molar-refractivity contribution in [1.82, 2.24) is 0 Å². The number of nitro benzene ring substituents is 1. The number of hydrogen-bond acceptors (Lipinski definition) is 3. The molecule has 21 heavy (non-hydrogen) atoms. The van der Waals surface area contributed by atoms with Gasteiger partial charge in [0.15, 0.2) is 5.78 Å². The SMILES string of the molecule is O=C1/C(=C/c2cccc([N+](=O)[O-])c2)CCC1C1CCCC1. The van der Waals surface area contributed by atoms with Gasteiger partial charge in [-0.2, -0.15) is 0 Å². The summed E-state index contributed by atoms with van der Waals surface area (Å²) in [6, 6.07) is 6.48. The normalized spacial score (nSPS) is 24.9. The summed E-state index contributed by atoms with van der Waals surface area (Å²) in [5.74, 6) is 1.03. The molecule has 110 valence electrons. The molecule has 0 radical (unpaired) electrons. The fraction of sp³-hybridized carbons (Fsp3) is 0.471. The number of rotatable bonds is 3. The van der Waals surface area contributed by atoms with E-state index >= 15 is 0 Å². The van der Waals surface area contributed by atoms with Crippen molar-refractivity contribution in [3.63, 3.8) is 0 Å². The van der Waals surface area contributed by atoms with Crippen molar-refractivity contribution in [2.75, 3.05) is 0 Å². The summed E-state index contributed by atoms with van der Waals surface area (Å²) in [7, 11) is 0. The Balaban J connectivity index is 1.79. The van der Waals surface area contributed by atoms with Crippen LogP contribution in [0.4, 0.5) is 5.69 Å². The molecule has 0 aromatic heterocycles. The maximum Gasteiger partial charge on any atom is 0.270 e. The fourth-order valence-corrected chi connectivity index (χ4v) is 3.69. The first-order valence-electron chi connectivity index (χ1n) is 7.64. The van der Waals surface area contributed by atoms with Gasteiger partial charge in [-0.1, -0.05) is 25.0 Å². The highest BCUT2D eigenvalue weighted by Crippen LogP contribution is 2.40. The molecule has 0 amide bonds. The topological polar surface area (TPSA) is 60.2 Å². The molecule has 0 N–H and O–H groups in total. The molecule has 1 aromatic carbocycles. The zero-order chi connectivity index (χ0) is 14.8. The molecule has 0 aliphatic heterocycles. The maximum atomic E-state index is 12.5. The van der Waals surface area contributed by atoms with Crippen LogP contribution in [0.5, 0.6) is 0 Å². The largest absolute Gasteiger partial charge is 0.294 e. The van der Waals surface area contributed by atoms with Gasteiger partial charge in [-0.3, -0.25) is 14.9 Å². The lowest BCUT2D eigenvalue weighted by Gasteiger charge is -2.15. The number of nitrogens with zero attached hydrogens (tertiary/aromatic N) is 1. The average molecular weight is 285 g/mol. The van der Waals surface area contributed by atoms with Crippen LogP contribution in [0.25, 0.3) is 6.08 Å². The summed E-state index contributed by atoms with van der Waals surface area (Å²) >= 11 is 0. The number of non-ortho nitro benzene ring substituents is 1. The molecule has 0 bridgehead atoms. The Morgan fingerprint density at radius 1 is 1.19 bits per heavy atom. The van der Waals surface area contributed by atoms with Crippen molar-refractivity contribution in [2.45, 2.75) is 38.5 Å². The smallest absolute Gasteiger partial charge is 0.270 e. The van der Waals surface area contributed by atoms with Crippen LogP contribution < -0.4 is 0 Å². The fourth-order valence-electron chi connectivity index (χ4n) is 3.69. The van der Waals surface area contributed by atoms with Gasteiger partial charge in [0.2, 0.25) is 0 Å². The zero-order valence-corrected chi connectivity index (χ0v) is 12.0. The first kappa shape index (κ1) is 14.0. The van der Waals surface area contributed by atoms with Crippen LogP contribution in [-0.2, 0) is 4.79 Å². The molecule has 2 aliphatic rings. The van der Waals surface area contributed by atoms with Gasteiger partial charge in [-0.25, -0.2) is 0 Å². The van der Waals surface area contributed by atoms with E-state index in [1.807, 2.05) is 12.1 Å². The van der Waals surface area contributed by atoms with E-state index in [-0.39, 0.29) is 17.4 Å². The van der Waals surface area contributed by atoms with E-state index in [2.05, 4.69) is 0 Å². The number of nitro groups is 1. The number of benzene rings is 1. The maximum absolute atomic E-state index is 12.5. The van der Waals surface area contributed by atoms with Crippen LogP contribution in [0, 0.1) is 22.0 Å². The van der Waals surface area contributed by atoms with E-state index in [4.69, 9.17) is 0 Å². The van der Waals surface area contributed by atoms with Crippen molar-refractivity contribution < 1.29 is 9.72 Å². The summed E-state index contributed by atoms with van der Waals surface area (Å²) in [6.07, 6.45) is 8.45. The highest BCUT2D eigenvalue weighted by molar-refractivity contribution is 6.03. The molecule has 0 heterocycles. The molecule has 4 heteroatoms. The molecule has 0 spiro atoms. The van der Waals surface area contributed by atoms with Crippen molar-refractivity contribution in [3.05, 3.63) is 45.5 Å². The van der Waals surface area contributed by atoms with Gasteiger partial charge in [0.1, 0.15) is 0 Å². The Hall–Kier alpha value is -1.97. The molecule has 4 nitrogen and oxygen atoms in total. The Morgan fingerprint density at radius 2 is 1.95 bits per heavy atom. The summed E-state index contributed by atoms with van der Waals surface area (Å²) in [5.41, 5.74) is 1.66. The zero-order valence-electron chi connectivity index (χ0n) is 12.0. The van der Waals surface area contributed by atoms with Crippen LogP contribution in [0.3, 0.4) is 0 Å². The predicted octanol–water partition coefficient (Wildman–Crippen LogP) is 4.15. The summed E-state index contributed by atoms with van der Waals surface area (Å²) in [6.45, 7) is 0. The number of carbonyl (C=O) groups is 1. The number of ketones is 1. The average Bonchev–Trinajstić information content (AvgIpc) is 3.10. The third kappa shape index (κ3) is 2.89. The second kappa shape index (κ2) is 5.80. The minimum Gasteiger partial charge on any atom is -0.294 e. The Bertz CT molecular complexity index is 600. The molecule has 0 saturated heterocycles. The van der Waals surface area contributed by atoms with Crippen molar-refractivity contribution in [2.24, 2.45) is 11.8 Å². The first-order chi connectivity index (χ1) is 10.1. The number of Topliss-reactive ketones (excluding diaryl/α,β-unsaturated/α-hetero) is 1. The number of carbonyl (C=O) groups excluding carboxylic acids is 1. The molecule has 1 aromatic rings. The summed E-state index contributed by atoms with van der Waals surface area (Å²) in [4.78, 5) is 22.9. The summed E-state index contributed by atoms with van der Waals surface area (Å²) in [5, 5.41) is 10.8. The van der Waals surface area contributed by atoms with Crippen LogP contribution in [-0.4, -0.2) is 10.7 Å². The predicted molar refractivity (Wildman–Crippen MR) is 80.8 cm³/mol. The second-order valence-electron chi connectivity index (χ2n) is 6.08. The van der Waals surface area contributed by atoms with Gasteiger partial charge >= 0.3 is 0 Å².